The van der Waals surface area contributed by atoms with Crippen molar-refractivity contribution in [1.82, 2.24) is 0 Å². The summed E-state index contributed by atoms with van der Waals surface area (Å²) in [6.45, 7) is 1.45. The molecule has 22 heavy (non-hydrogen) atoms. The summed E-state index contributed by atoms with van der Waals surface area (Å²) in [6, 6.07) is 10.6. The van der Waals surface area contributed by atoms with Gasteiger partial charge in [0.05, 0.1) is 0 Å². The summed E-state index contributed by atoms with van der Waals surface area (Å²) >= 11 is 3.30. The molecule has 0 aliphatic heterocycles. The lowest BCUT2D eigenvalue weighted by molar-refractivity contribution is -0.142. The number of nitrogens with one attached hydrogen (secondary N) is 1. The Bertz CT molecular complexity index is 706. The van der Waals surface area contributed by atoms with Crippen LogP contribution >= 0.6 is 15.9 Å². The van der Waals surface area contributed by atoms with Gasteiger partial charge in [-0.25, -0.2) is 4.79 Å². The highest BCUT2D eigenvalue weighted by molar-refractivity contribution is 9.10. The molecule has 0 saturated carbocycles. The highest BCUT2D eigenvalue weighted by Crippen LogP contribution is 2.15. The van der Waals surface area contributed by atoms with Gasteiger partial charge in [-0.3, -0.25) is 4.79 Å². The molecule has 0 saturated heterocycles. The Morgan fingerprint density at radius 1 is 1.32 bits per heavy atom. The maximum absolute atomic E-state index is 11.7. The molecule has 0 radical (unpaired) electrons. The van der Waals surface area contributed by atoms with Gasteiger partial charge in [-0.2, -0.15) is 0 Å². The van der Waals surface area contributed by atoms with Gasteiger partial charge in [0, 0.05) is 16.2 Å². The molecule has 1 aromatic heterocycles. The minimum Gasteiger partial charge on any atom is -0.462 e. The summed E-state index contributed by atoms with van der Waals surface area (Å²) in [5, 5.41) is 2.63. The van der Waals surface area contributed by atoms with Crippen LogP contribution in [-0.2, 0) is 14.3 Å². The fourth-order valence-corrected chi connectivity index (χ4v) is 2.04. The fourth-order valence-electron chi connectivity index (χ4n) is 1.64. The first-order chi connectivity index (χ1) is 10.5. The number of esters is 1. The van der Waals surface area contributed by atoms with Crippen LogP contribution in [0.5, 0.6) is 0 Å². The molecule has 2 aromatic rings. The third-order valence-electron chi connectivity index (χ3n) is 2.60. The van der Waals surface area contributed by atoms with Crippen LogP contribution in [0.25, 0.3) is 6.08 Å². The number of furan rings is 1. The molecule has 1 amide bonds. The zero-order chi connectivity index (χ0) is 15.9. The normalized spacial score (nSPS) is 10.6. The molecular formula is C16H14BrNO4. The van der Waals surface area contributed by atoms with E-state index in [2.05, 4.69) is 21.2 Å². The Morgan fingerprint density at radius 3 is 2.82 bits per heavy atom. The molecule has 0 aliphatic carbocycles. The van der Waals surface area contributed by atoms with Crippen LogP contribution < -0.4 is 5.32 Å². The number of carbonyl (C=O) groups excluding carboxylic acids is 2. The molecule has 0 unspecified atom stereocenters. The minimum absolute atomic E-state index is 0.354. The zero-order valence-electron chi connectivity index (χ0n) is 11.8. The monoisotopic (exact) mass is 363 g/mol. The van der Waals surface area contributed by atoms with Crippen LogP contribution in [0.2, 0.25) is 0 Å². The molecule has 1 aromatic carbocycles. The summed E-state index contributed by atoms with van der Waals surface area (Å²) in [5.74, 6) is 0.279. The van der Waals surface area contributed by atoms with Gasteiger partial charge in [0.25, 0.3) is 5.91 Å². The number of anilines is 1. The van der Waals surface area contributed by atoms with Crippen molar-refractivity contribution >= 4 is 39.6 Å². The number of amides is 1. The molecule has 0 bridgehead atoms. The predicted octanol–water partition coefficient (Wildman–Crippen LogP) is 3.55. The van der Waals surface area contributed by atoms with Gasteiger partial charge >= 0.3 is 5.97 Å². The van der Waals surface area contributed by atoms with Crippen molar-refractivity contribution < 1.29 is 18.7 Å². The Balaban J connectivity index is 1.78. The molecule has 6 heteroatoms. The van der Waals surface area contributed by atoms with Crippen molar-refractivity contribution in [1.29, 1.82) is 0 Å². The summed E-state index contributed by atoms with van der Waals surface area (Å²) in [5.41, 5.74) is 0.622. The van der Waals surface area contributed by atoms with Crippen molar-refractivity contribution in [2.75, 3.05) is 11.9 Å². The molecule has 0 atom stereocenters. The van der Waals surface area contributed by atoms with Gasteiger partial charge in [-0.05, 0) is 43.3 Å². The maximum atomic E-state index is 11.7. The topological polar surface area (TPSA) is 68.5 Å². The van der Waals surface area contributed by atoms with E-state index in [0.717, 1.165) is 10.2 Å². The summed E-state index contributed by atoms with van der Waals surface area (Å²) in [7, 11) is 0. The molecule has 0 spiro atoms. The number of hydrogen-bond donors (Lipinski definition) is 1. The molecule has 5 nitrogen and oxygen atoms in total. The van der Waals surface area contributed by atoms with E-state index in [4.69, 9.17) is 9.15 Å². The molecular weight excluding hydrogens is 350 g/mol. The number of halogens is 1. The number of carbonyl (C=O) groups is 2. The largest absolute Gasteiger partial charge is 0.462 e. The van der Waals surface area contributed by atoms with Gasteiger partial charge in [0.2, 0.25) is 0 Å². The third-order valence-corrected chi connectivity index (χ3v) is 3.09. The van der Waals surface area contributed by atoms with Crippen LogP contribution in [0.15, 0.2) is 51.4 Å². The fraction of sp³-hybridized carbons (Fsp3) is 0.125. The van der Waals surface area contributed by atoms with E-state index in [1.54, 1.807) is 30.3 Å². The quantitative estimate of drug-likeness (QED) is 0.651. The molecule has 1 heterocycles. The molecule has 0 fully saturated rings. The van der Waals surface area contributed by atoms with Crippen molar-refractivity contribution in [3.63, 3.8) is 0 Å². The average Bonchev–Trinajstić information content (AvgIpc) is 2.89. The van der Waals surface area contributed by atoms with Gasteiger partial charge in [0.15, 0.2) is 6.61 Å². The first-order valence-electron chi connectivity index (χ1n) is 6.49. The predicted molar refractivity (Wildman–Crippen MR) is 86.2 cm³/mol. The van der Waals surface area contributed by atoms with E-state index in [9.17, 15) is 9.59 Å². The van der Waals surface area contributed by atoms with Crippen LogP contribution in [0.1, 0.15) is 11.5 Å². The van der Waals surface area contributed by atoms with Crippen LogP contribution in [0, 0.1) is 6.92 Å². The Kier molecular flexibility index (Phi) is 5.55. The number of aryl methyl sites for hydroxylation is 1. The van der Waals surface area contributed by atoms with Gasteiger partial charge in [-0.1, -0.05) is 22.0 Å². The Morgan fingerprint density at radius 2 is 2.14 bits per heavy atom. The van der Waals surface area contributed by atoms with E-state index >= 15 is 0 Å². The highest BCUT2D eigenvalue weighted by Gasteiger charge is 2.06. The number of benzene rings is 1. The maximum Gasteiger partial charge on any atom is 0.331 e. The minimum atomic E-state index is -0.613. The van der Waals surface area contributed by atoms with E-state index in [1.807, 2.05) is 13.0 Å². The van der Waals surface area contributed by atoms with Crippen LogP contribution in [0.4, 0.5) is 5.69 Å². The molecule has 1 N–H and O–H groups in total. The van der Waals surface area contributed by atoms with Crippen LogP contribution in [0.3, 0.4) is 0 Å². The number of ether oxygens (including phenoxy) is 1. The van der Waals surface area contributed by atoms with Crippen molar-refractivity contribution in [3.05, 3.63) is 58.5 Å². The van der Waals surface area contributed by atoms with E-state index in [0.29, 0.717) is 11.4 Å². The molecule has 0 aliphatic rings. The van der Waals surface area contributed by atoms with E-state index in [1.165, 1.54) is 12.2 Å². The smallest absolute Gasteiger partial charge is 0.331 e. The second kappa shape index (κ2) is 7.61. The third kappa shape index (κ3) is 5.21. The van der Waals surface area contributed by atoms with Crippen molar-refractivity contribution in [2.45, 2.75) is 6.92 Å². The first-order valence-corrected chi connectivity index (χ1v) is 7.29. The lowest BCUT2D eigenvalue weighted by Crippen LogP contribution is -2.20. The van der Waals surface area contributed by atoms with E-state index in [-0.39, 0.29) is 6.61 Å². The van der Waals surface area contributed by atoms with Gasteiger partial charge in [0.1, 0.15) is 11.5 Å². The second-order valence-electron chi connectivity index (χ2n) is 4.45. The number of hydrogen-bond acceptors (Lipinski definition) is 4. The molecule has 114 valence electrons. The zero-order valence-corrected chi connectivity index (χ0v) is 13.4. The summed E-state index contributed by atoms with van der Waals surface area (Å²) in [6.07, 6.45) is 2.70. The first kappa shape index (κ1) is 16.0. The average molecular weight is 364 g/mol. The summed E-state index contributed by atoms with van der Waals surface area (Å²) < 4.78 is 11.0. The lowest BCUT2D eigenvalue weighted by Gasteiger charge is -2.05. The van der Waals surface area contributed by atoms with Gasteiger partial charge in [-0.15, -0.1) is 0 Å². The Hall–Kier alpha value is -2.34. The Labute approximate surface area is 136 Å². The number of rotatable bonds is 5. The van der Waals surface area contributed by atoms with Crippen LogP contribution in [-0.4, -0.2) is 18.5 Å². The van der Waals surface area contributed by atoms with Crippen molar-refractivity contribution in [2.24, 2.45) is 0 Å². The standard InChI is InChI=1S/C16H14BrNO4/c1-11-5-6-14(22-11)7-8-16(20)21-10-15(19)18-13-4-2-3-12(17)9-13/h2-9H,10H2,1H3,(H,18,19)/b8-7+. The highest BCUT2D eigenvalue weighted by atomic mass is 79.9. The van der Waals surface area contributed by atoms with Crippen molar-refractivity contribution in [3.8, 4) is 0 Å². The molecule has 2 rings (SSSR count). The lowest BCUT2D eigenvalue weighted by atomic mass is 10.3. The second-order valence-corrected chi connectivity index (χ2v) is 5.36. The SMILES string of the molecule is Cc1ccc(/C=C/C(=O)OCC(=O)Nc2cccc(Br)c2)o1. The summed E-state index contributed by atoms with van der Waals surface area (Å²) in [4.78, 5) is 23.2. The van der Waals surface area contributed by atoms with Gasteiger partial charge < -0.3 is 14.5 Å². The van der Waals surface area contributed by atoms with E-state index < -0.39 is 11.9 Å².